The van der Waals surface area contributed by atoms with Gasteiger partial charge < -0.3 is 14.5 Å². The molecule has 3 saturated carbocycles. The van der Waals surface area contributed by atoms with Crippen LogP contribution in [0.2, 0.25) is 0 Å². The average molecular weight is 373 g/mol. The second-order valence-electron chi connectivity index (χ2n) is 10.3. The number of piperidine rings is 1. The fourth-order valence-electron chi connectivity index (χ4n) is 7.14. The molecule has 0 radical (unpaired) electrons. The monoisotopic (exact) mass is 373 g/mol. The molecule has 3 aliphatic heterocycles. The molecular formula is C21H31N3O3. The summed E-state index contributed by atoms with van der Waals surface area (Å²) >= 11 is 0. The third-order valence-corrected chi connectivity index (χ3v) is 9.16. The van der Waals surface area contributed by atoms with E-state index in [0.29, 0.717) is 40.7 Å². The lowest BCUT2D eigenvalue weighted by Gasteiger charge is -2.59. The van der Waals surface area contributed by atoms with Crippen LogP contribution in [0.25, 0.3) is 0 Å². The molecule has 3 heterocycles. The molecular weight excluding hydrogens is 342 g/mol. The molecule has 148 valence electrons. The molecule has 3 atom stereocenters. The smallest absolute Gasteiger partial charge is 0.409 e. The molecule has 0 aromatic carbocycles. The highest BCUT2D eigenvalue weighted by Gasteiger charge is 2.65. The number of carbonyl (C=O) groups excluding carboxylic acids is 2. The van der Waals surface area contributed by atoms with Crippen LogP contribution in [0, 0.1) is 23.2 Å². The molecule has 3 aliphatic carbocycles. The second kappa shape index (κ2) is 5.40. The predicted octanol–water partition coefficient (Wildman–Crippen LogP) is 1.94. The topological polar surface area (TPSA) is 53.1 Å². The Morgan fingerprint density at radius 3 is 2.30 bits per heavy atom. The minimum atomic E-state index is -0.172. The van der Waals surface area contributed by atoms with Crippen molar-refractivity contribution in [1.82, 2.24) is 14.7 Å². The van der Waals surface area contributed by atoms with E-state index >= 15 is 0 Å². The van der Waals surface area contributed by atoms with Gasteiger partial charge in [-0.05, 0) is 62.2 Å². The van der Waals surface area contributed by atoms with Gasteiger partial charge in [0.1, 0.15) is 0 Å². The zero-order valence-corrected chi connectivity index (χ0v) is 16.4. The molecule has 6 heteroatoms. The van der Waals surface area contributed by atoms with E-state index < -0.39 is 0 Å². The summed E-state index contributed by atoms with van der Waals surface area (Å²) in [5.41, 5.74) is 0.650. The molecule has 1 unspecified atom stereocenters. The lowest BCUT2D eigenvalue weighted by Crippen LogP contribution is -2.66. The fraction of sp³-hybridized carbons (Fsp3) is 0.905. The first kappa shape index (κ1) is 16.6. The van der Waals surface area contributed by atoms with Gasteiger partial charge in [-0.1, -0.05) is 0 Å². The van der Waals surface area contributed by atoms with E-state index in [1.807, 2.05) is 4.90 Å². The molecule has 27 heavy (non-hydrogen) atoms. The summed E-state index contributed by atoms with van der Waals surface area (Å²) in [7, 11) is 1.47. The summed E-state index contributed by atoms with van der Waals surface area (Å²) < 4.78 is 4.88. The molecule has 2 spiro atoms. The van der Waals surface area contributed by atoms with E-state index in [0.717, 1.165) is 39.1 Å². The van der Waals surface area contributed by atoms with E-state index in [1.165, 1.54) is 45.6 Å². The van der Waals surface area contributed by atoms with E-state index in [-0.39, 0.29) is 6.09 Å². The SMILES string of the molecule is COC(=O)N1CCC2(CC(N3C[C@@H]4C(C(=O)N5CCC56CCC6)[C@@H]4C3)C2)C1. The molecule has 0 bridgehead atoms. The Balaban J connectivity index is 1.00. The summed E-state index contributed by atoms with van der Waals surface area (Å²) in [6.07, 6.45) is 8.44. The number of likely N-dealkylation sites (tertiary alicyclic amines) is 3. The van der Waals surface area contributed by atoms with Crippen molar-refractivity contribution in [3.63, 3.8) is 0 Å². The van der Waals surface area contributed by atoms with Gasteiger partial charge in [-0.15, -0.1) is 0 Å². The number of hydrogen-bond donors (Lipinski definition) is 0. The normalized spacial score (nSPS) is 43.9. The van der Waals surface area contributed by atoms with E-state index in [2.05, 4.69) is 9.80 Å². The number of nitrogens with zero attached hydrogens (tertiary/aromatic N) is 3. The first-order valence-electron chi connectivity index (χ1n) is 10.9. The fourth-order valence-corrected chi connectivity index (χ4v) is 7.14. The van der Waals surface area contributed by atoms with Crippen molar-refractivity contribution < 1.29 is 14.3 Å². The van der Waals surface area contributed by atoms with Crippen LogP contribution in [0.1, 0.15) is 44.9 Å². The van der Waals surface area contributed by atoms with Gasteiger partial charge >= 0.3 is 6.09 Å². The molecule has 3 saturated heterocycles. The summed E-state index contributed by atoms with van der Waals surface area (Å²) in [4.78, 5) is 31.5. The van der Waals surface area contributed by atoms with Crippen molar-refractivity contribution in [2.24, 2.45) is 23.2 Å². The summed E-state index contributed by atoms with van der Waals surface area (Å²) in [6.45, 7) is 4.99. The van der Waals surface area contributed by atoms with Crippen LogP contribution in [0.5, 0.6) is 0 Å². The van der Waals surface area contributed by atoms with Crippen LogP contribution in [-0.4, -0.2) is 78.1 Å². The lowest BCUT2D eigenvalue weighted by molar-refractivity contribution is -0.158. The minimum absolute atomic E-state index is 0.172. The second-order valence-corrected chi connectivity index (χ2v) is 10.3. The number of methoxy groups -OCH3 is 1. The molecule has 0 aromatic rings. The summed E-state index contributed by atoms with van der Waals surface area (Å²) in [5, 5.41) is 0. The standard InChI is InChI=1S/C21H31N3O3/c1-27-19(26)22-7-5-20(13-22)9-14(10-20)23-11-15-16(12-23)17(15)18(25)24-8-6-21(24)3-2-4-21/h14-17H,2-13H2,1H3/t14?,15-,16+,17?,20?. The van der Waals surface area contributed by atoms with Gasteiger partial charge in [-0.25, -0.2) is 4.79 Å². The van der Waals surface area contributed by atoms with Crippen LogP contribution in [0.4, 0.5) is 4.79 Å². The van der Waals surface area contributed by atoms with E-state index in [9.17, 15) is 9.59 Å². The van der Waals surface area contributed by atoms with Crippen molar-refractivity contribution in [1.29, 1.82) is 0 Å². The van der Waals surface area contributed by atoms with Crippen LogP contribution in [0.15, 0.2) is 0 Å². The highest BCUT2D eigenvalue weighted by atomic mass is 16.5. The van der Waals surface area contributed by atoms with Crippen LogP contribution in [-0.2, 0) is 9.53 Å². The molecule has 6 fully saturated rings. The van der Waals surface area contributed by atoms with Crippen LogP contribution >= 0.6 is 0 Å². The zero-order chi connectivity index (χ0) is 18.4. The summed E-state index contributed by atoms with van der Waals surface area (Å²) in [5.74, 6) is 2.09. The third-order valence-electron chi connectivity index (χ3n) is 9.16. The largest absolute Gasteiger partial charge is 0.453 e. The number of fused-ring (bicyclic) bond motifs is 1. The Labute approximate surface area is 161 Å². The molecule has 0 aromatic heterocycles. The highest BCUT2D eigenvalue weighted by Crippen LogP contribution is 2.59. The lowest BCUT2D eigenvalue weighted by atomic mass is 9.64. The number of hydrogen-bond acceptors (Lipinski definition) is 4. The van der Waals surface area contributed by atoms with Crippen molar-refractivity contribution in [3.05, 3.63) is 0 Å². The van der Waals surface area contributed by atoms with Gasteiger partial charge in [0, 0.05) is 50.2 Å². The molecule has 0 N–H and O–H groups in total. The van der Waals surface area contributed by atoms with Crippen molar-refractivity contribution >= 4 is 12.0 Å². The number of ether oxygens (including phenoxy) is 1. The van der Waals surface area contributed by atoms with E-state index in [1.54, 1.807) is 0 Å². The maximum absolute atomic E-state index is 13.0. The first-order chi connectivity index (χ1) is 13.0. The van der Waals surface area contributed by atoms with Crippen molar-refractivity contribution in [2.75, 3.05) is 39.8 Å². The van der Waals surface area contributed by atoms with Gasteiger partial charge in [0.25, 0.3) is 0 Å². The molecule has 2 amide bonds. The number of carbonyl (C=O) groups is 2. The van der Waals surface area contributed by atoms with Crippen molar-refractivity contribution in [2.45, 2.75) is 56.5 Å². The van der Waals surface area contributed by atoms with E-state index in [4.69, 9.17) is 4.74 Å². The van der Waals surface area contributed by atoms with Crippen LogP contribution < -0.4 is 0 Å². The molecule has 6 aliphatic rings. The predicted molar refractivity (Wildman–Crippen MR) is 99.0 cm³/mol. The summed E-state index contributed by atoms with van der Waals surface area (Å²) in [6, 6.07) is 0.674. The van der Waals surface area contributed by atoms with Gasteiger partial charge in [0.2, 0.25) is 5.91 Å². The van der Waals surface area contributed by atoms with Gasteiger partial charge in [0.05, 0.1) is 7.11 Å². The Morgan fingerprint density at radius 1 is 1.00 bits per heavy atom. The quantitative estimate of drug-likeness (QED) is 0.742. The number of amides is 2. The first-order valence-corrected chi connectivity index (χ1v) is 10.9. The highest BCUT2D eigenvalue weighted by molar-refractivity contribution is 5.84. The van der Waals surface area contributed by atoms with Crippen LogP contribution in [0.3, 0.4) is 0 Å². The minimum Gasteiger partial charge on any atom is -0.453 e. The Kier molecular flexibility index (Phi) is 3.33. The van der Waals surface area contributed by atoms with Gasteiger partial charge in [-0.2, -0.15) is 0 Å². The Bertz CT molecular complexity index is 667. The van der Waals surface area contributed by atoms with Gasteiger partial charge in [-0.3, -0.25) is 9.69 Å². The molecule has 6 nitrogen and oxygen atoms in total. The Hall–Kier alpha value is -1.30. The maximum atomic E-state index is 13.0. The molecule has 6 rings (SSSR count). The third kappa shape index (κ3) is 2.22. The Morgan fingerprint density at radius 2 is 1.74 bits per heavy atom. The zero-order valence-electron chi connectivity index (χ0n) is 16.4. The van der Waals surface area contributed by atoms with Crippen molar-refractivity contribution in [3.8, 4) is 0 Å². The maximum Gasteiger partial charge on any atom is 0.409 e. The average Bonchev–Trinajstić information content (AvgIpc) is 2.94. The van der Waals surface area contributed by atoms with Gasteiger partial charge in [0.15, 0.2) is 0 Å². The number of rotatable bonds is 2.